The first-order valence-electron chi connectivity index (χ1n) is 5.13. The minimum Gasteiger partial charge on any atom is -0.459 e. The van der Waals surface area contributed by atoms with E-state index in [9.17, 15) is 4.79 Å². The second-order valence-electron chi connectivity index (χ2n) is 3.65. The maximum absolute atomic E-state index is 11.5. The maximum Gasteiger partial charge on any atom is 0.287 e. The molecular formula is C13H13NO2. The van der Waals surface area contributed by atoms with Gasteiger partial charge in [0, 0.05) is 6.54 Å². The molecule has 0 aliphatic carbocycles. The zero-order valence-corrected chi connectivity index (χ0v) is 9.07. The van der Waals surface area contributed by atoms with Crippen LogP contribution in [0.4, 0.5) is 0 Å². The van der Waals surface area contributed by atoms with Crippen molar-refractivity contribution in [1.29, 1.82) is 0 Å². The second-order valence-corrected chi connectivity index (χ2v) is 3.65. The first-order chi connectivity index (χ1) is 7.75. The molecule has 0 unspecified atom stereocenters. The molecule has 3 nitrogen and oxygen atoms in total. The minimum absolute atomic E-state index is 0.189. The number of carbonyl (C=O) groups is 1. The largest absolute Gasteiger partial charge is 0.459 e. The van der Waals surface area contributed by atoms with E-state index in [1.807, 2.05) is 31.2 Å². The standard InChI is InChI=1S/C13H13NO2/c1-10-4-6-11(7-5-10)9-14-13(15)12-3-2-8-16-12/h2-8H,9H2,1H3,(H,14,15). The smallest absolute Gasteiger partial charge is 0.287 e. The van der Waals surface area contributed by atoms with Crippen molar-refractivity contribution in [2.75, 3.05) is 0 Å². The highest BCUT2D eigenvalue weighted by atomic mass is 16.3. The Balaban J connectivity index is 1.93. The Morgan fingerprint density at radius 3 is 2.62 bits per heavy atom. The fourth-order valence-electron chi connectivity index (χ4n) is 1.38. The minimum atomic E-state index is -0.189. The molecular weight excluding hydrogens is 202 g/mol. The van der Waals surface area contributed by atoms with Gasteiger partial charge in [-0.2, -0.15) is 0 Å². The number of carbonyl (C=O) groups excluding carboxylic acids is 1. The van der Waals surface area contributed by atoms with Crippen LogP contribution in [0.2, 0.25) is 0 Å². The molecule has 1 aromatic heterocycles. The van der Waals surface area contributed by atoms with E-state index >= 15 is 0 Å². The van der Waals surface area contributed by atoms with Gasteiger partial charge in [0.1, 0.15) is 0 Å². The highest BCUT2D eigenvalue weighted by Crippen LogP contribution is 2.04. The molecule has 0 aliphatic rings. The van der Waals surface area contributed by atoms with E-state index in [-0.39, 0.29) is 5.91 Å². The highest BCUT2D eigenvalue weighted by Gasteiger charge is 2.06. The van der Waals surface area contributed by atoms with Gasteiger partial charge in [0.25, 0.3) is 5.91 Å². The van der Waals surface area contributed by atoms with Gasteiger partial charge in [-0.25, -0.2) is 0 Å². The molecule has 0 aliphatic heterocycles. The lowest BCUT2D eigenvalue weighted by molar-refractivity contribution is 0.0923. The molecule has 1 N–H and O–H groups in total. The Morgan fingerprint density at radius 1 is 1.25 bits per heavy atom. The summed E-state index contributed by atoms with van der Waals surface area (Å²) in [5.74, 6) is 0.151. The number of hydrogen-bond acceptors (Lipinski definition) is 2. The number of benzene rings is 1. The Labute approximate surface area is 94.1 Å². The zero-order chi connectivity index (χ0) is 11.4. The van der Waals surface area contributed by atoms with E-state index in [1.165, 1.54) is 11.8 Å². The van der Waals surface area contributed by atoms with Crippen LogP contribution in [-0.2, 0) is 6.54 Å². The van der Waals surface area contributed by atoms with Crippen LogP contribution in [0.5, 0.6) is 0 Å². The summed E-state index contributed by atoms with van der Waals surface area (Å²) in [6, 6.07) is 11.4. The lowest BCUT2D eigenvalue weighted by atomic mass is 10.1. The van der Waals surface area contributed by atoms with Crippen molar-refractivity contribution in [1.82, 2.24) is 5.32 Å². The van der Waals surface area contributed by atoms with Crippen molar-refractivity contribution < 1.29 is 9.21 Å². The van der Waals surface area contributed by atoms with Gasteiger partial charge in [-0.3, -0.25) is 4.79 Å². The van der Waals surface area contributed by atoms with Crippen molar-refractivity contribution in [2.24, 2.45) is 0 Å². The molecule has 1 aromatic carbocycles. The molecule has 0 fully saturated rings. The Kier molecular flexibility index (Phi) is 3.05. The van der Waals surface area contributed by atoms with Crippen LogP contribution in [0.1, 0.15) is 21.7 Å². The molecule has 0 radical (unpaired) electrons. The summed E-state index contributed by atoms with van der Waals surface area (Å²) in [5, 5.41) is 2.79. The average molecular weight is 215 g/mol. The number of aryl methyl sites for hydroxylation is 1. The summed E-state index contributed by atoms with van der Waals surface area (Å²) in [6.45, 7) is 2.55. The van der Waals surface area contributed by atoms with Crippen molar-refractivity contribution in [2.45, 2.75) is 13.5 Å². The summed E-state index contributed by atoms with van der Waals surface area (Å²) in [6.07, 6.45) is 1.49. The molecule has 2 rings (SSSR count). The summed E-state index contributed by atoms with van der Waals surface area (Å²) in [5.41, 5.74) is 2.28. The third-order valence-corrected chi connectivity index (χ3v) is 2.32. The Bertz CT molecular complexity index is 457. The molecule has 0 saturated carbocycles. The lowest BCUT2D eigenvalue weighted by Gasteiger charge is -2.03. The van der Waals surface area contributed by atoms with Crippen LogP contribution in [0.3, 0.4) is 0 Å². The quantitative estimate of drug-likeness (QED) is 0.854. The van der Waals surface area contributed by atoms with E-state index < -0.39 is 0 Å². The SMILES string of the molecule is Cc1ccc(CNC(=O)c2ccco2)cc1. The van der Waals surface area contributed by atoms with Gasteiger partial charge in [0.2, 0.25) is 0 Å². The van der Waals surface area contributed by atoms with E-state index in [0.717, 1.165) is 5.56 Å². The third-order valence-electron chi connectivity index (χ3n) is 2.32. The van der Waals surface area contributed by atoms with Crippen LogP contribution in [0.25, 0.3) is 0 Å². The van der Waals surface area contributed by atoms with E-state index in [2.05, 4.69) is 5.32 Å². The Morgan fingerprint density at radius 2 is 2.00 bits per heavy atom. The summed E-state index contributed by atoms with van der Waals surface area (Å²) >= 11 is 0. The van der Waals surface area contributed by atoms with E-state index in [1.54, 1.807) is 12.1 Å². The van der Waals surface area contributed by atoms with Gasteiger partial charge in [0.05, 0.1) is 6.26 Å². The second kappa shape index (κ2) is 4.66. The molecule has 1 heterocycles. The predicted octanol–water partition coefficient (Wildman–Crippen LogP) is 2.52. The van der Waals surface area contributed by atoms with Crippen LogP contribution in [-0.4, -0.2) is 5.91 Å². The number of nitrogens with one attached hydrogen (secondary N) is 1. The first kappa shape index (κ1) is 10.5. The molecule has 3 heteroatoms. The predicted molar refractivity (Wildman–Crippen MR) is 61.1 cm³/mol. The first-order valence-corrected chi connectivity index (χ1v) is 5.13. The van der Waals surface area contributed by atoms with Gasteiger partial charge in [0.15, 0.2) is 5.76 Å². The number of hydrogen-bond donors (Lipinski definition) is 1. The van der Waals surface area contributed by atoms with Crippen molar-refractivity contribution in [3.05, 3.63) is 59.5 Å². The molecule has 82 valence electrons. The number of furan rings is 1. The number of rotatable bonds is 3. The summed E-state index contributed by atoms with van der Waals surface area (Å²) in [7, 11) is 0. The van der Waals surface area contributed by atoms with Crippen molar-refractivity contribution >= 4 is 5.91 Å². The van der Waals surface area contributed by atoms with Gasteiger partial charge < -0.3 is 9.73 Å². The van der Waals surface area contributed by atoms with Gasteiger partial charge in [-0.05, 0) is 24.6 Å². The molecule has 0 bridgehead atoms. The summed E-state index contributed by atoms with van der Waals surface area (Å²) in [4.78, 5) is 11.5. The van der Waals surface area contributed by atoms with Crippen LogP contribution in [0.15, 0.2) is 47.1 Å². The van der Waals surface area contributed by atoms with Crippen LogP contribution < -0.4 is 5.32 Å². The topological polar surface area (TPSA) is 42.2 Å². The Hall–Kier alpha value is -2.03. The molecule has 0 atom stereocenters. The highest BCUT2D eigenvalue weighted by molar-refractivity contribution is 5.91. The third kappa shape index (κ3) is 2.51. The van der Waals surface area contributed by atoms with Gasteiger partial charge in [-0.15, -0.1) is 0 Å². The normalized spacial score (nSPS) is 10.1. The number of amides is 1. The molecule has 1 amide bonds. The zero-order valence-electron chi connectivity index (χ0n) is 9.07. The van der Waals surface area contributed by atoms with Crippen LogP contribution >= 0.6 is 0 Å². The lowest BCUT2D eigenvalue weighted by Crippen LogP contribution is -2.22. The fourth-order valence-corrected chi connectivity index (χ4v) is 1.38. The maximum atomic E-state index is 11.5. The van der Waals surface area contributed by atoms with Gasteiger partial charge >= 0.3 is 0 Å². The average Bonchev–Trinajstić information content (AvgIpc) is 2.81. The fraction of sp³-hybridized carbons (Fsp3) is 0.154. The van der Waals surface area contributed by atoms with Crippen molar-refractivity contribution in [3.8, 4) is 0 Å². The molecule has 0 spiro atoms. The molecule has 0 saturated heterocycles. The van der Waals surface area contributed by atoms with E-state index in [0.29, 0.717) is 12.3 Å². The van der Waals surface area contributed by atoms with Gasteiger partial charge in [-0.1, -0.05) is 29.8 Å². The molecule has 2 aromatic rings. The monoisotopic (exact) mass is 215 g/mol. The van der Waals surface area contributed by atoms with Crippen molar-refractivity contribution in [3.63, 3.8) is 0 Å². The summed E-state index contributed by atoms with van der Waals surface area (Å²) < 4.78 is 4.99. The van der Waals surface area contributed by atoms with E-state index in [4.69, 9.17) is 4.42 Å². The molecule has 16 heavy (non-hydrogen) atoms. The van der Waals surface area contributed by atoms with Crippen LogP contribution in [0, 0.1) is 6.92 Å².